The van der Waals surface area contributed by atoms with Crippen molar-refractivity contribution in [3.8, 4) is 5.75 Å². The Bertz CT molecular complexity index is 1140. The van der Waals surface area contributed by atoms with E-state index in [1.165, 1.54) is 28.9 Å². The van der Waals surface area contributed by atoms with Crippen LogP contribution in [0.15, 0.2) is 29.3 Å². The van der Waals surface area contributed by atoms with Crippen molar-refractivity contribution in [2.45, 2.75) is 39.3 Å². The number of halogens is 1. The van der Waals surface area contributed by atoms with Gasteiger partial charge in [-0.05, 0) is 49.4 Å². The number of rotatable bonds is 6. The van der Waals surface area contributed by atoms with Gasteiger partial charge < -0.3 is 9.64 Å². The lowest BCUT2D eigenvalue weighted by molar-refractivity contribution is -0.132. The van der Waals surface area contributed by atoms with E-state index in [-0.39, 0.29) is 30.3 Å². The summed E-state index contributed by atoms with van der Waals surface area (Å²) >= 11 is 1.58. The molecule has 2 aromatic heterocycles. The van der Waals surface area contributed by atoms with Crippen LogP contribution in [0, 0.1) is 5.82 Å². The maximum absolute atomic E-state index is 14.0. The number of carbonyl (C=O) groups excluding carboxylic acids is 1. The number of benzene rings is 1. The van der Waals surface area contributed by atoms with Crippen molar-refractivity contribution in [3.05, 3.63) is 56.7 Å². The number of hydrogen-bond acceptors (Lipinski definition) is 5. The summed E-state index contributed by atoms with van der Waals surface area (Å²) in [5.41, 5.74) is 1.61. The normalized spacial score (nSPS) is 12.9. The van der Waals surface area contributed by atoms with Crippen molar-refractivity contribution in [3.63, 3.8) is 0 Å². The zero-order valence-electron chi connectivity index (χ0n) is 16.4. The fourth-order valence-corrected chi connectivity index (χ4v) is 5.00. The van der Waals surface area contributed by atoms with Crippen molar-refractivity contribution in [2.75, 3.05) is 13.7 Å². The molecule has 0 spiro atoms. The monoisotopic (exact) mass is 415 g/mol. The van der Waals surface area contributed by atoms with Crippen LogP contribution in [0.3, 0.4) is 0 Å². The van der Waals surface area contributed by atoms with Crippen LogP contribution in [0.25, 0.3) is 10.2 Å². The number of ether oxygens (including phenoxy) is 1. The highest BCUT2D eigenvalue weighted by Gasteiger charge is 2.22. The fourth-order valence-electron chi connectivity index (χ4n) is 3.78. The van der Waals surface area contributed by atoms with Crippen LogP contribution in [-0.4, -0.2) is 34.0 Å². The molecule has 1 amide bonds. The second kappa shape index (κ2) is 7.94. The number of amides is 1. The Labute approximate surface area is 171 Å². The van der Waals surface area contributed by atoms with Gasteiger partial charge in [0.05, 0.1) is 18.8 Å². The minimum atomic E-state index is -0.467. The second-order valence-electron chi connectivity index (χ2n) is 7.09. The minimum absolute atomic E-state index is 0.0845. The molecule has 0 radical (unpaired) electrons. The molecule has 1 aliphatic rings. The molecule has 8 heteroatoms. The minimum Gasteiger partial charge on any atom is -0.494 e. The first-order valence-electron chi connectivity index (χ1n) is 9.61. The summed E-state index contributed by atoms with van der Waals surface area (Å²) in [5, 5.41) is 0.665. The summed E-state index contributed by atoms with van der Waals surface area (Å²) in [5.74, 6) is -0.512. The van der Waals surface area contributed by atoms with Gasteiger partial charge in [-0.15, -0.1) is 11.3 Å². The number of nitrogens with zero attached hydrogens (tertiary/aromatic N) is 3. The van der Waals surface area contributed by atoms with Crippen LogP contribution < -0.4 is 10.3 Å². The Hall–Kier alpha value is -2.74. The van der Waals surface area contributed by atoms with Crippen molar-refractivity contribution in [2.24, 2.45) is 0 Å². The number of carbonyl (C=O) groups is 1. The number of aromatic nitrogens is 2. The molecule has 3 aromatic rings. The van der Waals surface area contributed by atoms with E-state index in [2.05, 4.69) is 4.98 Å². The SMILES string of the molecule is CCN(Cc1ccc(OC)c(F)c1)C(=O)Cn1cnc2sc3c(c2c1=O)CCC3. The van der Waals surface area contributed by atoms with Crippen LogP contribution in [0.4, 0.5) is 4.39 Å². The van der Waals surface area contributed by atoms with Gasteiger partial charge in [0.25, 0.3) is 5.56 Å². The Morgan fingerprint density at radius 3 is 2.93 bits per heavy atom. The topological polar surface area (TPSA) is 64.4 Å². The molecule has 1 aromatic carbocycles. The van der Waals surface area contributed by atoms with Crippen LogP contribution in [0.5, 0.6) is 5.75 Å². The molecule has 0 aliphatic heterocycles. The average molecular weight is 415 g/mol. The first kappa shape index (κ1) is 19.6. The molecule has 4 rings (SSSR count). The van der Waals surface area contributed by atoms with E-state index in [0.29, 0.717) is 17.5 Å². The van der Waals surface area contributed by atoms with E-state index < -0.39 is 5.82 Å². The van der Waals surface area contributed by atoms with Gasteiger partial charge in [0.15, 0.2) is 11.6 Å². The van der Waals surface area contributed by atoms with E-state index in [0.717, 1.165) is 29.7 Å². The van der Waals surface area contributed by atoms with Crippen LogP contribution in [0.1, 0.15) is 29.3 Å². The number of methoxy groups -OCH3 is 1. The summed E-state index contributed by atoms with van der Waals surface area (Å²) in [4.78, 5) is 33.8. The van der Waals surface area contributed by atoms with Gasteiger partial charge in [-0.2, -0.15) is 0 Å². The second-order valence-corrected chi connectivity index (χ2v) is 8.18. The maximum atomic E-state index is 14.0. The highest BCUT2D eigenvalue weighted by molar-refractivity contribution is 7.18. The third kappa shape index (κ3) is 3.64. The maximum Gasteiger partial charge on any atom is 0.262 e. The number of likely N-dealkylation sites (N-methyl/N-ethyl adjacent to an activating group) is 1. The first-order valence-corrected chi connectivity index (χ1v) is 10.4. The summed E-state index contributed by atoms with van der Waals surface area (Å²) in [7, 11) is 1.41. The van der Waals surface area contributed by atoms with Crippen LogP contribution >= 0.6 is 11.3 Å². The Balaban J connectivity index is 1.55. The number of aryl methyl sites for hydroxylation is 2. The van der Waals surface area contributed by atoms with Crippen molar-refractivity contribution in [1.82, 2.24) is 14.5 Å². The third-order valence-electron chi connectivity index (χ3n) is 5.32. The molecule has 0 bridgehead atoms. The number of hydrogen-bond donors (Lipinski definition) is 0. The van der Waals surface area contributed by atoms with Gasteiger partial charge >= 0.3 is 0 Å². The van der Waals surface area contributed by atoms with Gasteiger partial charge in [-0.25, -0.2) is 9.37 Å². The lowest BCUT2D eigenvalue weighted by Crippen LogP contribution is -2.36. The van der Waals surface area contributed by atoms with Crippen LogP contribution in [-0.2, 0) is 30.7 Å². The molecule has 0 atom stereocenters. The van der Waals surface area contributed by atoms with Crippen molar-refractivity contribution >= 4 is 27.5 Å². The van der Waals surface area contributed by atoms with E-state index >= 15 is 0 Å². The van der Waals surface area contributed by atoms with E-state index in [1.54, 1.807) is 28.4 Å². The summed E-state index contributed by atoms with van der Waals surface area (Å²) in [6.07, 6.45) is 4.41. The van der Waals surface area contributed by atoms with Gasteiger partial charge in [0.1, 0.15) is 11.4 Å². The zero-order valence-corrected chi connectivity index (χ0v) is 17.2. The molecule has 2 heterocycles. The molecule has 29 heavy (non-hydrogen) atoms. The van der Waals surface area contributed by atoms with Crippen molar-refractivity contribution < 1.29 is 13.9 Å². The first-order chi connectivity index (χ1) is 14.0. The highest BCUT2D eigenvalue weighted by Crippen LogP contribution is 2.34. The van der Waals surface area contributed by atoms with E-state index in [9.17, 15) is 14.0 Å². The van der Waals surface area contributed by atoms with Gasteiger partial charge in [0, 0.05) is 18.0 Å². The highest BCUT2D eigenvalue weighted by atomic mass is 32.1. The van der Waals surface area contributed by atoms with E-state index in [1.807, 2.05) is 6.92 Å². The smallest absolute Gasteiger partial charge is 0.262 e. The van der Waals surface area contributed by atoms with Crippen LogP contribution in [0.2, 0.25) is 0 Å². The molecule has 0 unspecified atom stereocenters. The standard InChI is InChI=1S/C21H22FN3O3S/c1-3-24(10-13-7-8-16(28-2)15(22)9-13)18(26)11-25-12-23-20-19(21(25)27)14-5-4-6-17(14)29-20/h7-9,12H,3-6,10-11H2,1-2H3. The molecule has 0 fully saturated rings. The van der Waals surface area contributed by atoms with E-state index in [4.69, 9.17) is 4.74 Å². The largest absolute Gasteiger partial charge is 0.494 e. The Morgan fingerprint density at radius 2 is 2.21 bits per heavy atom. The summed E-state index contributed by atoms with van der Waals surface area (Å²) in [6, 6.07) is 4.64. The molecule has 152 valence electrons. The number of fused-ring (bicyclic) bond motifs is 3. The molecule has 6 nitrogen and oxygen atoms in total. The van der Waals surface area contributed by atoms with Gasteiger partial charge in [-0.1, -0.05) is 6.07 Å². The van der Waals surface area contributed by atoms with Gasteiger partial charge in [0.2, 0.25) is 5.91 Å². The summed E-state index contributed by atoms with van der Waals surface area (Å²) in [6.45, 7) is 2.48. The lowest BCUT2D eigenvalue weighted by Gasteiger charge is -2.21. The summed E-state index contributed by atoms with van der Waals surface area (Å²) < 4.78 is 20.3. The molecule has 0 N–H and O–H groups in total. The fraction of sp³-hybridized carbons (Fsp3) is 0.381. The average Bonchev–Trinajstić information content (AvgIpc) is 3.29. The molecular weight excluding hydrogens is 393 g/mol. The lowest BCUT2D eigenvalue weighted by atomic mass is 10.2. The Kier molecular flexibility index (Phi) is 5.36. The van der Waals surface area contributed by atoms with Gasteiger partial charge in [-0.3, -0.25) is 14.2 Å². The quantitative estimate of drug-likeness (QED) is 0.621. The molecule has 1 aliphatic carbocycles. The number of thiophene rings is 1. The van der Waals surface area contributed by atoms with Crippen molar-refractivity contribution in [1.29, 1.82) is 0 Å². The molecular formula is C21H22FN3O3S. The zero-order chi connectivity index (χ0) is 20.5. The molecule has 0 saturated carbocycles. The third-order valence-corrected chi connectivity index (χ3v) is 6.52. The molecule has 0 saturated heterocycles. The Morgan fingerprint density at radius 1 is 1.38 bits per heavy atom. The predicted octanol–water partition coefficient (Wildman–Crippen LogP) is 3.14. The predicted molar refractivity (Wildman–Crippen MR) is 110 cm³/mol.